The summed E-state index contributed by atoms with van der Waals surface area (Å²) in [5.41, 5.74) is 21.6. The van der Waals surface area contributed by atoms with E-state index >= 15 is 0 Å². The molecular formula is C10H17N3S. The molecule has 0 bridgehead atoms. The molecule has 0 aliphatic carbocycles. The van der Waals surface area contributed by atoms with E-state index in [9.17, 15) is 0 Å². The van der Waals surface area contributed by atoms with Crippen molar-refractivity contribution in [3.8, 4) is 0 Å². The highest BCUT2D eigenvalue weighted by Gasteiger charge is 2.14. The normalized spacial score (nSPS) is 10.5. The Morgan fingerprint density at radius 2 is 1.64 bits per heavy atom. The summed E-state index contributed by atoms with van der Waals surface area (Å²) < 4.78 is 0. The van der Waals surface area contributed by atoms with E-state index in [1.165, 1.54) is 5.56 Å². The van der Waals surface area contributed by atoms with Gasteiger partial charge in [0.05, 0.1) is 17.1 Å². The lowest BCUT2D eigenvalue weighted by Crippen LogP contribution is -2.07. The van der Waals surface area contributed by atoms with Gasteiger partial charge < -0.3 is 17.2 Å². The third-order valence-corrected chi connectivity index (χ3v) is 3.39. The quantitative estimate of drug-likeness (QED) is 0.516. The summed E-state index contributed by atoms with van der Waals surface area (Å²) in [4.78, 5) is 1.07. The van der Waals surface area contributed by atoms with Gasteiger partial charge in [-0.05, 0) is 30.7 Å². The second-order valence-electron chi connectivity index (χ2n) is 3.23. The summed E-state index contributed by atoms with van der Waals surface area (Å²) in [7, 11) is 0. The van der Waals surface area contributed by atoms with Crippen LogP contribution in [0, 0.1) is 6.92 Å². The van der Waals surface area contributed by atoms with Crippen molar-refractivity contribution in [3.05, 3.63) is 11.1 Å². The molecule has 1 aromatic rings. The van der Waals surface area contributed by atoms with Crippen LogP contribution in [0.1, 0.15) is 18.1 Å². The first-order chi connectivity index (χ1) is 6.54. The molecule has 0 amide bonds. The van der Waals surface area contributed by atoms with Crippen LogP contribution in [0.25, 0.3) is 0 Å². The average molecular weight is 211 g/mol. The molecule has 0 heterocycles. The fourth-order valence-corrected chi connectivity index (χ4v) is 2.50. The molecule has 0 aromatic heterocycles. The first kappa shape index (κ1) is 11.0. The van der Waals surface area contributed by atoms with E-state index < -0.39 is 0 Å². The van der Waals surface area contributed by atoms with Crippen molar-refractivity contribution in [1.29, 1.82) is 0 Å². The zero-order valence-electron chi connectivity index (χ0n) is 8.85. The maximum absolute atomic E-state index is 5.91. The Balaban J connectivity index is 3.57. The first-order valence-electron chi connectivity index (χ1n) is 4.54. The van der Waals surface area contributed by atoms with Crippen LogP contribution in [0.5, 0.6) is 0 Å². The number of thioether (sulfide) groups is 1. The SMILES string of the molecule is CCc1c(C)c(N)c(N)c(N)c1SC. The monoisotopic (exact) mass is 211 g/mol. The average Bonchev–Trinajstić information content (AvgIpc) is 2.20. The molecule has 0 fully saturated rings. The zero-order chi connectivity index (χ0) is 10.9. The highest BCUT2D eigenvalue weighted by Crippen LogP contribution is 2.39. The molecule has 0 saturated heterocycles. The van der Waals surface area contributed by atoms with Gasteiger partial charge in [0.15, 0.2) is 0 Å². The highest BCUT2D eigenvalue weighted by atomic mass is 32.2. The minimum absolute atomic E-state index is 0.518. The smallest absolute Gasteiger partial charge is 0.0795 e. The van der Waals surface area contributed by atoms with Gasteiger partial charge >= 0.3 is 0 Å². The lowest BCUT2D eigenvalue weighted by Gasteiger charge is -2.17. The van der Waals surface area contributed by atoms with Crippen LogP contribution in [0.3, 0.4) is 0 Å². The van der Waals surface area contributed by atoms with Gasteiger partial charge in [0.1, 0.15) is 0 Å². The molecule has 0 aliphatic rings. The molecule has 0 radical (unpaired) electrons. The van der Waals surface area contributed by atoms with Crippen LogP contribution in [0.4, 0.5) is 17.1 Å². The summed E-state index contributed by atoms with van der Waals surface area (Å²) in [6.45, 7) is 4.08. The largest absolute Gasteiger partial charge is 0.397 e. The molecule has 78 valence electrons. The van der Waals surface area contributed by atoms with Gasteiger partial charge in [-0.25, -0.2) is 0 Å². The Kier molecular flexibility index (Phi) is 3.16. The van der Waals surface area contributed by atoms with Gasteiger partial charge in [0.25, 0.3) is 0 Å². The van der Waals surface area contributed by atoms with E-state index in [1.54, 1.807) is 11.8 Å². The lowest BCUT2D eigenvalue weighted by molar-refractivity contribution is 1.06. The number of nitrogens with two attached hydrogens (primary N) is 3. The summed E-state index contributed by atoms with van der Waals surface area (Å²) in [5, 5.41) is 0. The number of benzene rings is 1. The maximum Gasteiger partial charge on any atom is 0.0795 e. The summed E-state index contributed by atoms with van der Waals surface area (Å²) >= 11 is 1.62. The van der Waals surface area contributed by atoms with Crippen molar-refractivity contribution in [2.45, 2.75) is 25.2 Å². The number of anilines is 3. The van der Waals surface area contributed by atoms with Gasteiger partial charge in [0, 0.05) is 4.90 Å². The Morgan fingerprint density at radius 3 is 2.07 bits per heavy atom. The molecule has 3 nitrogen and oxygen atoms in total. The van der Waals surface area contributed by atoms with Gasteiger partial charge in [-0.1, -0.05) is 6.92 Å². The maximum atomic E-state index is 5.91. The topological polar surface area (TPSA) is 78.1 Å². The van der Waals surface area contributed by atoms with Crippen molar-refractivity contribution >= 4 is 28.8 Å². The molecule has 0 spiro atoms. The third kappa shape index (κ3) is 1.50. The predicted octanol–water partition coefficient (Wildman–Crippen LogP) is 2.03. The van der Waals surface area contributed by atoms with E-state index in [-0.39, 0.29) is 0 Å². The van der Waals surface area contributed by atoms with Crippen LogP contribution in [-0.2, 0) is 6.42 Å². The molecule has 0 unspecified atom stereocenters. The molecule has 0 aliphatic heterocycles. The fraction of sp³-hybridized carbons (Fsp3) is 0.400. The fourth-order valence-electron chi connectivity index (χ4n) is 1.62. The Morgan fingerprint density at radius 1 is 1.07 bits per heavy atom. The molecule has 1 aromatic carbocycles. The Bertz CT molecular complexity index is 326. The van der Waals surface area contributed by atoms with Crippen LogP contribution in [0.2, 0.25) is 0 Å². The lowest BCUT2D eigenvalue weighted by atomic mass is 10.0. The van der Waals surface area contributed by atoms with Crippen LogP contribution in [0.15, 0.2) is 4.90 Å². The molecule has 1 rings (SSSR count). The van der Waals surface area contributed by atoms with E-state index in [1.807, 2.05) is 13.2 Å². The van der Waals surface area contributed by atoms with Crippen molar-refractivity contribution in [3.63, 3.8) is 0 Å². The minimum Gasteiger partial charge on any atom is -0.397 e. The van der Waals surface area contributed by atoms with Gasteiger partial charge in [-0.15, -0.1) is 11.8 Å². The number of hydrogen-bond acceptors (Lipinski definition) is 4. The molecular weight excluding hydrogens is 194 g/mol. The van der Waals surface area contributed by atoms with Crippen molar-refractivity contribution in [2.24, 2.45) is 0 Å². The highest BCUT2D eigenvalue weighted by molar-refractivity contribution is 7.98. The van der Waals surface area contributed by atoms with Gasteiger partial charge in [0.2, 0.25) is 0 Å². The van der Waals surface area contributed by atoms with Crippen LogP contribution in [-0.4, -0.2) is 6.26 Å². The number of nitrogen functional groups attached to an aromatic ring is 3. The second-order valence-corrected chi connectivity index (χ2v) is 4.05. The molecule has 0 atom stereocenters. The second kappa shape index (κ2) is 4.00. The van der Waals surface area contributed by atoms with Crippen LogP contribution >= 0.6 is 11.8 Å². The number of rotatable bonds is 2. The molecule has 4 heteroatoms. The first-order valence-corrected chi connectivity index (χ1v) is 5.76. The Hall–Kier alpha value is -1.03. The van der Waals surface area contributed by atoms with Crippen molar-refractivity contribution < 1.29 is 0 Å². The summed E-state index contributed by atoms with van der Waals surface area (Å²) in [6, 6.07) is 0. The van der Waals surface area contributed by atoms with Gasteiger partial charge in [-0.3, -0.25) is 0 Å². The summed E-state index contributed by atoms with van der Waals surface area (Å²) in [5.74, 6) is 0. The molecule has 6 N–H and O–H groups in total. The van der Waals surface area contributed by atoms with E-state index in [2.05, 4.69) is 6.92 Å². The molecule has 0 saturated carbocycles. The van der Waals surface area contributed by atoms with E-state index in [0.717, 1.165) is 16.9 Å². The standard InChI is InChI=1S/C10H17N3S/c1-4-6-5(2)7(11)8(12)9(13)10(6)14-3/h4,11-13H2,1-3H3. The van der Waals surface area contributed by atoms with E-state index in [0.29, 0.717) is 17.1 Å². The minimum atomic E-state index is 0.518. The van der Waals surface area contributed by atoms with Crippen molar-refractivity contribution in [1.82, 2.24) is 0 Å². The number of hydrogen-bond donors (Lipinski definition) is 3. The van der Waals surface area contributed by atoms with Gasteiger partial charge in [-0.2, -0.15) is 0 Å². The molecule has 14 heavy (non-hydrogen) atoms. The van der Waals surface area contributed by atoms with Crippen LogP contribution < -0.4 is 17.2 Å². The predicted molar refractivity (Wildman–Crippen MR) is 65.6 cm³/mol. The van der Waals surface area contributed by atoms with Crippen molar-refractivity contribution in [2.75, 3.05) is 23.5 Å². The Labute approximate surface area is 89.0 Å². The zero-order valence-corrected chi connectivity index (χ0v) is 9.66. The third-order valence-electron chi connectivity index (χ3n) is 2.51. The van der Waals surface area contributed by atoms with E-state index in [4.69, 9.17) is 17.2 Å². The summed E-state index contributed by atoms with van der Waals surface area (Å²) in [6.07, 6.45) is 2.93.